The van der Waals surface area contributed by atoms with Gasteiger partial charge in [-0.05, 0) is 36.2 Å². The van der Waals surface area contributed by atoms with Crippen LogP contribution in [0.1, 0.15) is 20.8 Å². The SMILES string of the molecule is Cc1ccccc1CN(C)C(=O)COC(=O)c1sc2cc(F)ccc2c1Cl. The highest BCUT2D eigenvalue weighted by atomic mass is 35.5. The highest BCUT2D eigenvalue weighted by molar-refractivity contribution is 7.21. The molecule has 0 radical (unpaired) electrons. The standard InChI is InChI=1S/C20H17ClFNO3S/c1-12-5-3-4-6-13(12)10-23(2)17(24)11-26-20(25)19-18(21)15-8-7-14(22)9-16(15)27-19/h3-9H,10-11H2,1-2H3. The lowest BCUT2D eigenvalue weighted by molar-refractivity contribution is -0.133. The zero-order chi connectivity index (χ0) is 19.6. The first kappa shape index (κ1) is 19.3. The summed E-state index contributed by atoms with van der Waals surface area (Å²) in [6.07, 6.45) is 0. The van der Waals surface area contributed by atoms with Gasteiger partial charge in [0.2, 0.25) is 0 Å². The molecule has 140 valence electrons. The third kappa shape index (κ3) is 4.28. The Balaban J connectivity index is 1.64. The second-order valence-electron chi connectivity index (χ2n) is 6.14. The van der Waals surface area contributed by atoms with Gasteiger partial charge in [0.25, 0.3) is 5.91 Å². The van der Waals surface area contributed by atoms with Crippen molar-refractivity contribution in [3.63, 3.8) is 0 Å². The van der Waals surface area contributed by atoms with Crippen LogP contribution in [0.25, 0.3) is 10.1 Å². The van der Waals surface area contributed by atoms with E-state index < -0.39 is 11.8 Å². The molecule has 0 spiro atoms. The first-order valence-electron chi connectivity index (χ1n) is 8.20. The molecule has 0 atom stereocenters. The molecule has 2 aromatic carbocycles. The summed E-state index contributed by atoms with van der Waals surface area (Å²) in [5.41, 5.74) is 2.10. The summed E-state index contributed by atoms with van der Waals surface area (Å²) in [6, 6.07) is 11.9. The van der Waals surface area contributed by atoms with Crippen LogP contribution >= 0.6 is 22.9 Å². The fourth-order valence-corrected chi connectivity index (χ4v) is 4.03. The van der Waals surface area contributed by atoms with Crippen LogP contribution in [0.2, 0.25) is 5.02 Å². The van der Waals surface area contributed by atoms with E-state index >= 15 is 0 Å². The van der Waals surface area contributed by atoms with Crippen molar-refractivity contribution in [1.29, 1.82) is 0 Å². The Morgan fingerprint density at radius 1 is 1.22 bits per heavy atom. The Labute approximate surface area is 165 Å². The number of amides is 1. The molecule has 0 aliphatic rings. The van der Waals surface area contributed by atoms with Crippen molar-refractivity contribution in [1.82, 2.24) is 4.90 Å². The van der Waals surface area contributed by atoms with E-state index in [-0.39, 0.29) is 22.4 Å². The predicted molar refractivity (Wildman–Crippen MR) is 105 cm³/mol. The van der Waals surface area contributed by atoms with E-state index in [0.717, 1.165) is 22.5 Å². The number of carbonyl (C=O) groups excluding carboxylic acids is 2. The van der Waals surface area contributed by atoms with Gasteiger partial charge in [-0.2, -0.15) is 0 Å². The minimum atomic E-state index is -0.695. The summed E-state index contributed by atoms with van der Waals surface area (Å²) in [7, 11) is 1.65. The van der Waals surface area contributed by atoms with Gasteiger partial charge in [-0.1, -0.05) is 35.9 Å². The van der Waals surface area contributed by atoms with Crippen molar-refractivity contribution in [3.8, 4) is 0 Å². The normalized spacial score (nSPS) is 10.8. The number of thiophene rings is 1. The molecule has 3 rings (SSSR count). The molecular weight excluding hydrogens is 389 g/mol. The zero-order valence-corrected chi connectivity index (χ0v) is 16.4. The minimum absolute atomic E-state index is 0.159. The molecule has 0 saturated carbocycles. The van der Waals surface area contributed by atoms with Crippen LogP contribution in [0.15, 0.2) is 42.5 Å². The van der Waals surface area contributed by atoms with E-state index in [1.165, 1.54) is 23.1 Å². The number of aryl methyl sites for hydroxylation is 1. The Bertz CT molecular complexity index is 1020. The van der Waals surface area contributed by atoms with E-state index in [4.69, 9.17) is 16.3 Å². The number of hydrogen-bond donors (Lipinski definition) is 0. The Morgan fingerprint density at radius 2 is 1.96 bits per heavy atom. The lowest BCUT2D eigenvalue weighted by Crippen LogP contribution is -2.31. The molecule has 1 heterocycles. The number of ether oxygens (including phenoxy) is 1. The summed E-state index contributed by atoms with van der Waals surface area (Å²) < 4.78 is 19.0. The first-order valence-corrected chi connectivity index (χ1v) is 9.39. The number of carbonyl (C=O) groups is 2. The summed E-state index contributed by atoms with van der Waals surface area (Å²) in [4.78, 5) is 26.2. The molecular formula is C20H17ClFNO3S. The molecule has 0 aliphatic heterocycles. The lowest BCUT2D eigenvalue weighted by Gasteiger charge is -2.18. The number of halogens is 2. The molecule has 7 heteroatoms. The Hall–Kier alpha value is -2.44. The van der Waals surface area contributed by atoms with Crippen molar-refractivity contribution in [2.75, 3.05) is 13.7 Å². The quantitative estimate of drug-likeness (QED) is 0.572. The molecule has 0 bridgehead atoms. The van der Waals surface area contributed by atoms with E-state index in [1.807, 2.05) is 31.2 Å². The van der Waals surface area contributed by atoms with Crippen LogP contribution in [0.4, 0.5) is 4.39 Å². The molecule has 27 heavy (non-hydrogen) atoms. The number of fused-ring (bicyclic) bond motifs is 1. The molecule has 3 aromatic rings. The van der Waals surface area contributed by atoms with Crippen molar-refractivity contribution < 1.29 is 18.7 Å². The van der Waals surface area contributed by atoms with Crippen LogP contribution < -0.4 is 0 Å². The number of esters is 1. The summed E-state index contributed by atoms with van der Waals surface area (Å²) in [5, 5.41) is 0.790. The maximum Gasteiger partial charge on any atom is 0.350 e. The number of nitrogens with zero attached hydrogens (tertiary/aromatic N) is 1. The molecule has 0 saturated heterocycles. The second-order valence-corrected chi connectivity index (χ2v) is 7.57. The maximum atomic E-state index is 13.3. The van der Waals surface area contributed by atoms with E-state index in [9.17, 15) is 14.0 Å². The van der Waals surface area contributed by atoms with Crippen LogP contribution in [0.3, 0.4) is 0 Å². The van der Waals surface area contributed by atoms with Gasteiger partial charge >= 0.3 is 5.97 Å². The lowest BCUT2D eigenvalue weighted by atomic mass is 10.1. The Morgan fingerprint density at radius 3 is 2.70 bits per heavy atom. The third-order valence-electron chi connectivity index (χ3n) is 4.20. The molecule has 1 aromatic heterocycles. The highest BCUT2D eigenvalue weighted by Gasteiger charge is 2.20. The molecule has 0 fully saturated rings. The average Bonchev–Trinajstić information content (AvgIpc) is 2.97. The molecule has 0 unspecified atom stereocenters. The van der Waals surface area contributed by atoms with Crippen LogP contribution in [0.5, 0.6) is 0 Å². The molecule has 0 aliphatic carbocycles. The number of likely N-dealkylation sites (N-methyl/N-ethyl adjacent to an activating group) is 1. The maximum absolute atomic E-state index is 13.3. The number of benzene rings is 2. The molecule has 0 N–H and O–H groups in total. The van der Waals surface area contributed by atoms with Crippen molar-refractivity contribution in [3.05, 3.63) is 69.3 Å². The largest absolute Gasteiger partial charge is 0.451 e. The average molecular weight is 406 g/mol. The van der Waals surface area contributed by atoms with Crippen molar-refractivity contribution in [2.24, 2.45) is 0 Å². The van der Waals surface area contributed by atoms with Gasteiger partial charge in [0.15, 0.2) is 6.61 Å². The van der Waals surface area contributed by atoms with Crippen LogP contribution in [-0.2, 0) is 16.1 Å². The molecule has 1 amide bonds. The fraction of sp³-hybridized carbons (Fsp3) is 0.200. The fourth-order valence-electron chi connectivity index (χ4n) is 2.60. The van der Waals surface area contributed by atoms with E-state index in [2.05, 4.69) is 0 Å². The monoisotopic (exact) mass is 405 g/mol. The van der Waals surface area contributed by atoms with Gasteiger partial charge in [-0.3, -0.25) is 4.79 Å². The third-order valence-corrected chi connectivity index (χ3v) is 5.84. The van der Waals surface area contributed by atoms with Gasteiger partial charge in [0.1, 0.15) is 10.7 Å². The van der Waals surface area contributed by atoms with Crippen molar-refractivity contribution in [2.45, 2.75) is 13.5 Å². The van der Waals surface area contributed by atoms with Gasteiger partial charge in [0, 0.05) is 23.7 Å². The smallest absolute Gasteiger partial charge is 0.350 e. The van der Waals surface area contributed by atoms with Gasteiger partial charge in [-0.25, -0.2) is 9.18 Å². The minimum Gasteiger partial charge on any atom is -0.451 e. The second kappa shape index (κ2) is 8.06. The summed E-state index contributed by atoms with van der Waals surface area (Å²) in [5.74, 6) is -1.43. The van der Waals surface area contributed by atoms with Crippen LogP contribution in [0, 0.1) is 12.7 Å². The first-order chi connectivity index (χ1) is 12.9. The Kier molecular flexibility index (Phi) is 5.77. The predicted octanol–water partition coefficient (Wildman–Crippen LogP) is 4.82. The number of rotatable bonds is 5. The highest BCUT2D eigenvalue weighted by Crippen LogP contribution is 2.36. The zero-order valence-electron chi connectivity index (χ0n) is 14.8. The number of hydrogen-bond acceptors (Lipinski definition) is 4. The summed E-state index contributed by atoms with van der Waals surface area (Å²) in [6.45, 7) is 2.01. The molecule has 4 nitrogen and oxygen atoms in total. The van der Waals surface area contributed by atoms with Crippen molar-refractivity contribution >= 4 is 44.9 Å². The van der Waals surface area contributed by atoms with Gasteiger partial charge in [0.05, 0.1) is 5.02 Å². The van der Waals surface area contributed by atoms with E-state index in [1.54, 1.807) is 7.05 Å². The van der Waals surface area contributed by atoms with Gasteiger partial charge in [-0.15, -0.1) is 11.3 Å². The van der Waals surface area contributed by atoms with E-state index in [0.29, 0.717) is 16.6 Å². The topological polar surface area (TPSA) is 46.6 Å². The van der Waals surface area contributed by atoms with Gasteiger partial charge < -0.3 is 9.64 Å². The van der Waals surface area contributed by atoms with Crippen LogP contribution in [-0.4, -0.2) is 30.4 Å². The summed E-state index contributed by atoms with van der Waals surface area (Å²) >= 11 is 7.24.